The van der Waals surface area contributed by atoms with Gasteiger partial charge in [0.25, 0.3) is 0 Å². The lowest BCUT2D eigenvalue weighted by atomic mass is 10.4. The Morgan fingerprint density at radius 3 is 1.92 bits per heavy atom. The van der Waals surface area contributed by atoms with E-state index < -0.39 is 12.1 Å². The van der Waals surface area contributed by atoms with Gasteiger partial charge in [0.2, 0.25) is 0 Å². The van der Waals surface area contributed by atoms with Gasteiger partial charge in [-0.2, -0.15) is 0 Å². The topological polar surface area (TPSA) is 89.6 Å². The zero-order valence-corrected chi connectivity index (χ0v) is 6.74. The van der Waals surface area contributed by atoms with Crippen molar-refractivity contribution in [3.8, 4) is 0 Å². The Morgan fingerprint density at radius 2 is 1.92 bits per heavy atom. The van der Waals surface area contributed by atoms with Crippen LogP contribution in [-0.2, 0) is 9.53 Å². The molecule has 5 nitrogen and oxygen atoms in total. The molecule has 0 fully saturated rings. The smallest absolute Gasteiger partial charge is 0.409 e. The van der Waals surface area contributed by atoms with Gasteiger partial charge in [-0.25, -0.2) is 9.59 Å². The van der Waals surface area contributed by atoms with E-state index in [1.807, 2.05) is 0 Å². The molecule has 0 saturated carbocycles. The molecule has 12 heavy (non-hydrogen) atoms. The molecule has 0 aromatic carbocycles. The highest BCUT2D eigenvalue weighted by Gasteiger charge is 1.90. The molecular weight excluding hydrogens is 162 g/mol. The number of carboxylic acids is 1. The van der Waals surface area contributed by atoms with Gasteiger partial charge in [0.1, 0.15) is 0 Å². The lowest BCUT2D eigenvalue weighted by Crippen LogP contribution is -2.08. The molecule has 0 saturated heterocycles. The Hall–Kier alpha value is -1.78. The van der Waals surface area contributed by atoms with Gasteiger partial charge in [-0.3, -0.25) is 0 Å². The third-order valence-electron chi connectivity index (χ3n) is 0.565. The number of nitrogens with two attached hydrogens (primary N) is 1. The minimum atomic E-state index is -0.935. The molecular formula is C7H11NO4. The summed E-state index contributed by atoms with van der Waals surface area (Å²) in [7, 11) is 0. The van der Waals surface area contributed by atoms with E-state index in [-0.39, 0.29) is 5.57 Å². The Bertz CT molecular complexity index is 186. The molecule has 0 radical (unpaired) electrons. The largest absolute Gasteiger partial charge is 0.478 e. The molecule has 0 aromatic rings. The maximum Gasteiger partial charge on any atom is 0.409 e. The Kier molecular flexibility index (Phi) is 7.85. The highest BCUT2D eigenvalue weighted by Crippen LogP contribution is 1.81. The molecule has 1 amide bonds. The number of rotatable bonds is 2. The molecule has 0 spiro atoms. The number of primary amides is 1. The molecule has 0 unspecified atom stereocenters. The van der Waals surface area contributed by atoms with Crippen LogP contribution in [0.15, 0.2) is 25.0 Å². The highest BCUT2D eigenvalue weighted by atomic mass is 16.5. The zero-order chi connectivity index (χ0) is 10.1. The number of ether oxygens (including phenoxy) is 1. The van der Waals surface area contributed by atoms with Gasteiger partial charge in [0.05, 0.1) is 6.26 Å². The van der Waals surface area contributed by atoms with Crippen LogP contribution in [0.2, 0.25) is 0 Å². The van der Waals surface area contributed by atoms with Gasteiger partial charge < -0.3 is 15.6 Å². The molecule has 0 rings (SSSR count). The number of hydrogen-bond acceptors (Lipinski definition) is 3. The fourth-order valence-electron chi connectivity index (χ4n) is 0.0821. The van der Waals surface area contributed by atoms with Crippen molar-refractivity contribution in [3.05, 3.63) is 25.0 Å². The van der Waals surface area contributed by atoms with Crippen LogP contribution in [0, 0.1) is 0 Å². The first-order valence-electron chi connectivity index (χ1n) is 2.87. The minimum absolute atomic E-state index is 0.176. The fourth-order valence-corrected chi connectivity index (χ4v) is 0.0821. The predicted octanol–water partition coefficient (Wildman–Crippen LogP) is 0.872. The van der Waals surface area contributed by atoms with E-state index >= 15 is 0 Å². The van der Waals surface area contributed by atoms with Gasteiger partial charge >= 0.3 is 12.1 Å². The number of carbonyl (C=O) groups is 2. The van der Waals surface area contributed by atoms with E-state index in [0.29, 0.717) is 0 Å². The van der Waals surface area contributed by atoms with E-state index in [1.165, 1.54) is 6.92 Å². The highest BCUT2D eigenvalue weighted by molar-refractivity contribution is 5.84. The summed E-state index contributed by atoms with van der Waals surface area (Å²) in [5.41, 5.74) is 4.65. The first-order chi connectivity index (χ1) is 5.41. The molecule has 5 heteroatoms. The Labute approximate surface area is 70.1 Å². The second-order valence-corrected chi connectivity index (χ2v) is 1.69. The summed E-state index contributed by atoms with van der Waals surface area (Å²) in [5, 5.41) is 7.89. The lowest BCUT2D eigenvalue weighted by Gasteiger charge is -1.83. The Morgan fingerprint density at radius 1 is 1.58 bits per heavy atom. The van der Waals surface area contributed by atoms with Crippen molar-refractivity contribution in [2.45, 2.75) is 6.92 Å². The predicted molar refractivity (Wildman–Crippen MR) is 43.3 cm³/mol. The summed E-state index contributed by atoms with van der Waals surface area (Å²) >= 11 is 0. The number of aliphatic carboxylic acids is 1. The van der Waals surface area contributed by atoms with E-state index in [9.17, 15) is 9.59 Å². The first kappa shape index (κ1) is 12.9. The third-order valence-corrected chi connectivity index (χ3v) is 0.565. The van der Waals surface area contributed by atoms with Gasteiger partial charge in [-0.05, 0) is 6.92 Å². The van der Waals surface area contributed by atoms with Crippen LogP contribution >= 0.6 is 0 Å². The fraction of sp³-hybridized carbons (Fsp3) is 0.143. The molecule has 0 heterocycles. The molecule has 0 bridgehead atoms. The second-order valence-electron chi connectivity index (χ2n) is 1.69. The van der Waals surface area contributed by atoms with Crippen molar-refractivity contribution in [1.82, 2.24) is 0 Å². The quantitative estimate of drug-likeness (QED) is 0.479. The van der Waals surface area contributed by atoms with Crippen molar-refractivity contribution < 1.29 is 19.4 Å². The van der Waals surface area contributed by atoms with Crippen LogP contribution in [0.4, 0.5) is 4.79 Å². The molecule has 0 aliphatic carbocycles. The summed E-state index contributed by atoms with van der Waals surface area (Å²) in [6.07, 6.45) is 0.146. The number of amides is 1. The van der Waals surface area contributed by atoms with Gasteiger partial charge in [-0.1, -0.05) is 13.2 Å². The van der Waals surface area contributed by atoms with Crippen LogP contribution in [0.3, 0.4) is 0 Å². The lowest BCUT2D eigenvalue weighted by molar-refractivity contribution is -0.132. The molecule has 0 atom stereocenters. The first-order valence-corrected chi connectivity index (χ1v) is 2.87. The summed E-state index contributed by atoms with van der Waals surface area (Å²) in [4.78, 5) is 19.1. The maximum atomic E-state index is 9.60. The van der Waals surface area contributed by atoms with Crippen LogP contribution < -0.4 is 5.73 Å². The molecule has 3 N–H and O–H groups in total. The molecule has 0 aliphatic heterocycles. The zero-order valence-electron chi connectivity index (χ0n) is 6.74. The van der Waals surface area contributed by atoms with Crippen LogP contribution in [0.5, 0.6) is 0 Å². The van der Waals surface area contributed by atoms with Crippen LogP contribution in [0.1, 0.15) is 6.92 Å². The molecule has 0 aliphatic rings. The van der Waals surface area contributed by atoms with E-state index in [2.05, 4.69) is 23.6 Å². The standard InChI is InChI=1S/C4H6O2.C3H5NO2/c1-3(2)4(5)6;1-2-6-3(4)5/h1H2,2H3,(H,5,6);2H,1H2,(H2,4,5). The number of carboxylic acid groups (broad SMARTS) is 1. The van der Waals surface area contributed by atoms with Crippen molar-refractivity contribution in [2.75, 3.05) is 0 Å². The van der Waals surface area contributed by atoms with E-state index in [4.69, 9.17) is 5.11 Å². The van der Waals surface area contributed by atoms with Crippen molar-refractivity contribution in [3.63, 3.8) is 0 Å². The van der Waals surface area contributed by atoms with Gasteiger partial charge in [-0.15, -0.1) is 0 Å². The summed E-state index contributed by atoms with van der Waals surface area (Å²) in [6, 6.07) is 0. The molecule has 0 aromatic heterocycles. The molecule has 68 valence electrons. The van der Waals surface area contributed by atoms with Crippen molar-refractivity contribution in [2.24, 2.45) is 5.73 Å². The number of hydrogen-bond donors (Lipinski definition) is 2. The second kappa shape index (κ2) is 7.33. The average Bonchev–Trinajstić information content (AvgIpc) is 1.87. The normalized spacial score (nSPS) is 7.08. The van der Waals surface area contributed by atoms with Crippen LogP contribution in [-0.4, -0.2) is 17.2 Å². The summed E-state index contributed by atoms with van der Waals surface area (Å²) in [5.74, 6) is -0.935. The van der Waals surface area contributed by atoms with Gasteiger partial charge in [0.15, 0.2) is 0 Å². The third kappa shape index (κ3) is 15.7. The van der Waals surface area contributed by atoms with Crippen molar-refractivity contribution in [1.29, 1.82) is 0 Å². The summed E-state index contributed by atoms with van der Waals surface area (Å²) in [6.45, 7) is 7.68. The van der Waals surface area contributed by atoms with E-state index in [0.717, 1.165) is 6.26 Å². The summed E-state index contributed by atoms with van der Waals surface area (Å²) < 4.78 is 3.94. The van der Waals surface area contributed by atoms with Gasteiger partial charge in [0, 0.05) is 5.57 Å². The van der Waals surface area contributed by atoms with Crippen LogP contribution in [0.25, 0.3) is 0 Å². The Balaban J connectivity index is 0. The number of carbonyl (C=O) groups excluding carboxylic acids is 1. The monoisotopic (exact) mass is 173 g/mol. The van der Waals surface area contributed by atoms with E-state index in [1.54, 1.807) is 0 Å². The SMILES string of the molecule is C=C(C)C(=O)O.C=COC(N)=O. The van der Waals surface area contributed by atoms with Crippen molar-refractivity contribution >= 4 is 12.1 Å². The average molecular weight is 173 g/mol. The maximum absolute atomic E-state index is 9.60. The minimum Gasteiger partial charge on any atom is -0.478 e.